The normalized spacial score (nSPS) is 26.9. The summed E-state index contributed by atoms with van der Waals surface area (Å²) in [4.78, 5) is 0. The minimum atomic E-state index is 0.359. The van der Waals surface area contributed by atoms with Gasteiger partial charge in [0.05, 0.1) is 0 Å². The summed E-state index contributed by atoms with van der Waals surface area (Å²) in [5.41, 5.74) is 7.78. The number of rotatable bonds is 6. The molecule has 2 rings (SSSR count). The molecule has 112 valence electrons. The molecule has 0 radical (unpaired) electrons. The van der Waals surface area contributed by atoms with E-state index in [0.29, 0.717) is 23.8 Å². The fraction of sp³-hybridized carbons (Fsp3) is 0.667. The molecule has 0 bridgehead atoms. The van der Waals surface area contributed by atoms with Gasteiger partial charge in [0.2, 0.25) is 0 Å². The van der Waals surface area contributed by atoms with Crippen LogP contribution in [-0.4, -0.2) is 19.3 Å². The molecule has 1 fully saturated rings. The number of benzene rings is 1. The molecule has 2 heteroatoms. The molecule has 1 saturated carbocycles. The Balaban J connectivity index is 1.82. The van der Waals surface area contributed by atoms with Crippen molar-refractivity contribution in [3.05, 3.63) is 35.9 Å². The van der Waals surface area contributed by atoms with Crippen LogP contribution < -0.4 is 5.73 Å². The van der Waals surface area contributed by atoms with E-state index >= 15 is 0 Å². The first-order valence-electron chi connectivity index (χ1n) is 8.05. The highest BCUT2D eigenvalue weighted by molar-refractivity contribution is 5.20. The average Bonchev–Trinajstić information content (AvgIpc) is 2.46. The highest BCUT2D eigenvalue weighted by atomic mass is 16.5. The van der Waals surface area contributed by atoms with Gasteiger partial charge >= 0.3 is 0 Å². The Morgan fingerprint density at radius 1 is 1.20 bits per heavy atom. The summed E-state index contributed by atoms with van der Waals surface area (Å²) >= 11 is 0. The van der Waals surface area contributed by atoms with Gasteiger partial charge < -0.3 is 10.5 Å². The van der Waals surface area contributed by atoms with Gasteiger partial charge in [0.15, 0.2) is 0 Å². The van der Waals surface area contributed by atoms with Crippen molar-refractivity contribution in [3.8, 4) is 0 Å². The van der Waals surface area contributed by atoms with Crippen LogP contribution >= 0.6 is 0 Å². The van der Waals surface area contributed by atoms with Crippen molar-refractivity contribution in [1.82, 2.24) is 0 Å². The molecule has 1 aliphatic carbocycles. The van der Waals surface area contributed by atoms with Crippen LogP contribution in [-0.2, 0) is 4.74 Å². The van der Waals surface area contributed by atoms with E-state index in [4.69, 9.17) is 10.5 Å². The molecule has 1 aliphatic rings. The van der Waals surface area contributed by atoms with Gasteiger partial charge in [0.1, 0.15) is 0 Å². The van der Waals surface area contributed by atoms with Gasteiger partial charge in [0.25, 0.3) is 0 Å². The van der Waals surface area contributed by atoms with Crippen LogP contribution in [0, 0.1) is 11.8 Å². The Labute approximate surface area is 123 Å². The van der Waals surface area contributed by atoms with Crippen LogP contribution in [0.4, 0.5) is 0 Å². The Kier molecular flexibility index (Phi) is 6.06. The molecule has 0 aliphatic heterocycles. The Hall–Kier alpha value is -0.860. The van der Waals surface area contributed by atoms with Crippen molar-refractivity contribution in [2.45, 2.75) is 51.5 Å². The van der Waals surface area contributed by atoms with Crippen molar-refractivity contribution in [1.29, 1.82) is 0 Å². The van der Waals surface area contributed by atoms with E-state index in [-0.39, 0.29) is 0 Å². The second kappa shape index (κ2) is 7.80. The third-order valence-electron chi connectivity index (χ3n) is 4.40. The van der Waals surface area contributed by atoms with E-state index < -0.39 is 0 Å². The third kappa shape index (κ3) is 4.60. The third-order valence-corrected chi connectivity index (χ3v) is 4.40. The predicted molar refractivity (Wildman–Crippen MR) is 84.8 cm³/mol. The second-order valence-electron chi connectivity index (χ2n) is 6.60. The van der Waals surface area contributed by atoms with Crippen molar-refractivity contribution in [2.24, 2.45) is 17.6 Å². The summed E-state index contributed by atoms with van der Waals surface area (Å²) in [6.07, 6.45) is 4.70. The minimum Gasteiger partial charge on any atom is -0.381 e. The predicted octanol–water partition coefficient (Wildman–Crippen LogP) is 3.96. The average molecular weight is 275 g/mol. The lowest BCUT2D eigenvalue weighted by atomic mass is 9.74. The molecule has 0 spiro atoms. The van der Waals surface area contributed by atoms with Gasteiger partial charge in [0, 0.05) is 19.3 Å². The molecular formula is C18H29NO. The van der Waals surface area contributed by atoms with E-state index in [0.717, 1.165) is 26.1 Å². The van der Waals surface area contributed by atoms with E-state index in [2.05, 4.69) is 44.2 Å². The maximum absolute atomic E-state index is 6.31. The van der Waals surface area contributed by atoms with Crippen molar-refractivity contribution in [3.63, 3.8) is 0 Å². The van der Waals surface area contributed by atoms with Crippen LogP contribution in [0.25, 0.3) is 0 Å². The summed E-state index contributed by atoms with van der Waals surface area (Å²) < 4.78 is 5.73. The van der Waals surface area contributed by atoms with Crippen LogP contribution in [0.2, 0.25) is 0 Å². The molecule has 0 amide bonds. The standard InChI is InChI=1S/C18H29NO/c1-14(2)13-20-11-10-17-12-16(8-9-18(17)19)15-6-4-3-5-7-15/h3-7,14,16-18H,8-13,19H2,1-2H3. The number of hydrogen-bond acceptors (Lipinski definition) is 2. The van der Waals surface area contributed by atoms with E-state index in [1.54, 1.807) is 0 Å². The lowest BCUT2D eigenvalue weighted by Gasteiger charge is -2.34. The maximum atomic E-state index is 6.31. The van der Waals surface area contributed by atoms with Crippen molar-refractivity contribution < 1.29 is 4.74 Å². The lowest BCUT2D eigenvalue weighted by Crippen LogP contribution is -2.36. The van der Waals surface area contributed by atoms with Gasteiger partial charge in [-0.1, -0.05) is 44.2 Å². The van der Waals surface area contributed by atoms with Crippen LogP contribution in [0.3, 0.4) is 0 Å². The fourth-order valence-electron chi connectivity index (χ4n) is 3.20. The van der Waals surface area contributed by atoms with Crippen molar-refractivity contribution >= 4 is 0 Å². The van der Waals surface area contributed by atoms with Gasteiger partial charge in [-0.2, -0.15) is 0 Å². The summed E-state index contributed by atoms with van der Waals surface area (Å²) in [7, 11) is 0. The van der Waals surface area contributed by atoms with Gasteiger partial charge in [-0.25, -0.2) is 0 Å². The number of nitrogens with two attached hydrogens (primary N) is 1. The molecule has 2 N–H and O–H groups in total. The Morgan fingerprint density at radius 2 is 1.95 bits per heavy atom. The molecule has 1 aromatic rings. The molecule has 0 saturated heterocycles. The van der Waals surface area contributed by atoms with Crippen LogP contribution in [0.1, 0.15) is 51.0 Å². The first kappa shape index (κ1) is 15.5. The highest BCUT2D eigenvalue weighted by Gasteiger charge is 2.28. The van der Waals surface area contributed by atoms with Crippen LogP contribution in [0.5, 0.6) is 0 Å². The zero-order chi connectivity index (χ0) is 14.4. The molecular weight excluding hydrogens is 246 g/mol. The second-order valence-corrected chi connectivity index (χ2v) is 6.60. The summed E-state index contributed by atoms with van der Waals surface area (Å²) in [5, 5.41) is 0. The summed E-state index contributed by atoms with van der Waals surface area (Å²) in [6, 6.07) is 11.3. The monoisotopic (exact) mass is 275 g/mol. The fourth-order valence-corrected chi connectivity index (χ4v) is 3.20. The Morgan fingerprint density at radius 3 is 2.65 bits per heavy atom. The zero-order valence-corrected chi connectivity index (χ0v) is 12.9. The molecule has 1 aromatic carbocycles. The first-order chi connectivity index (χ1) is 9.66. The van der Waals surface area contributed by atoms with Crippen molar-refractivity contribution in [2.75, 3.05) is 13.2 Å². The SMILES string of the molecule is CC(C)COCCC1CC(c2ccccc2)CCC1N. The molecule has 2 nitrogen and oxygen atoms in total. The molecule has 20 heavy (non-hydrogen) atoms. The maximum Gasteiger partial charge on any atom is 0.0488 e. The first-order valence-corrected chi connectivity index (χ1v) is 8.05. The Bertz CT molecular complexity index is 376. The number of ether oxygens (including phenoxy) is 1. The summed E-state index contributed by atoms with van der Waals surface area (Å²) in [6.45, 7) is 6.11. The quantitative estimate of drug-likeness (QED) is 0.798. The van der Waals surface area contributed by atoms with Gasteiger partial charge in [-0.3, -0.25) is 0 Å². The molecule has 0 heterocycles. The zero-order valence-electron chi connectivity index (χ0n) is 12.9. The largest absolute Gasteiger partial charge is 0.381 e. The summed E-state index contributed by atoms with van der Waals surface area (Å²) in [5.74, 6) is 1.92. The van der Waals surface area contributed by atoms with E-state index in [1.165, 1.54) is 18.4 Å². The smallest absolute Gasteiger partial charge is 0.0488 e. The molecule has 3 unspecified atom stereocenters. The topological polar surface area (TPSA) is 35.2 Å². The van der Waals surface area contributed by atoms with Crippen LogP contribution in [0.15, 0.2) is 30.3 Å². The van der Waals surface area contributed by atoms with Gasteiger partial charge in [-0.05, 0) is 49.0 Å². The lowest BCUT2D eigenvalue weighted by molar-refractivity contribution is 0.0881. The molecule has 0 aromatic heterocycles. The number of hydrogen-bond donors (Lipinski definition) is 1. The molecule has 3 atom stereocenters. The highest BCUT2D eigenvalue weighted by Crippen LogP contribution is 2.36. The van der Waals surface area contributed by atoms with E-state index in [1.807, 2.05) is 0 Å². The minimum absolute atomic E-state index is 0.359. The van der Waals surface area contributed by atoms with Gasteiger partial charge in [-0.15, -0.1) is 0 Å². The van der Waals surface area contributed by atoms with E-state index in [9.17, 15) is 0 Å².